The summed E-state index contributed by atoms with van der Waals surface area (Å²) >= 11 is 0. The molecule has 0 aliphatic heterocycles. The molecule has 0 spiro atoms. The van der Waals surface area contributed by atoms with Gasteiger partial charge >= 0.3 is 11.9 Å². The SMILES string of the molecule is CCC(C)(C)C(=O)OC(C)(C)C(C)(C)OC(=O)C(C)C. The van der Waals surface area contributed by atoms with Crippen molar-refractivity contribution in [3.05, 3.63) is 0 Å². The third-order valence-corrected chi connectivity index (χ3v) is 4.06. The Balaban J connectivity index is 5.03. The summed E-state index contributed by atoms with van der Waals surface area (Å²) in [5.74, 6) is -0.791. The smallest absolute Gasteiger partial charge is 0.312 e. The van der Waals surface area contributed by atoms with Gasteiger partial charge in [-0.25, -0.2) is 0 Å². The van der Waals surface area contributed by atoms with Crippen LogP contribution in [-0.4, -0.2) is 23.1 Å². The standard InChI is InChI=1S/C16H30O4/c1-10-14(4,5)13(18)20-16(8,9)15(6,7)19-12(17)11(2)3/h11H,10H2,1-9H3. The van der Waals surface area contributed by atoms with Gasteiger partial charge in [-0.05, 0) is 48.0 Å². The Hall–Kier alpha value is -1.06. The zero-order chi connectivity index (χ0) is 16.4. The number of rotatable bonds is 6. The summed E-state index contributed by atoms with van der Waals surface area (Å²) < 4.78 is 11.1. The molecule has 0 aromatic heterocycles. The number of carbonyl (C=O) groups is 2. The fourth-order valence-corrected chi connectivity index (χ4v) is 1.13. The van der Waals surface area contributed by atoms with Gasteiger partial charge in [-0.15, -0.1) is 0 Å². The van der Waals surface area contributed by atoms with E-state index in [1.54, 1.807) is 41.5 Å². The average molecular weight is 286 g/mol. The lowest BCUT2D eigenvalue weighted by atomic mass is 9.86. The van der Waals surface area contributed by atoms with Crippen molar-refractivity contribution in [3.63, 3.8) is 0 Å². The van der Waals surface area contributed by atoms with Crippen LogP contribution < -0.4 is 0 Å². The van der Waals surface area contributed by atoms with E-state index in [0.717, 1.165) is 0 Å². The molecule has 118 valence electrons. The highest BCUT2D eigenvalue weighted by atomic mass is 16.6. The molecule has 0 fully saturated rings. The lowest BCUT2D eigenvalue weighted by Crippen LogP contribution is -2.53. The van der Waals surface area contributed by atoms with Crippen LogP contribution in [0.3, 0.4) is 0 Å². The Morgan fingerprint density at radius 2 is 1.30 bits per heavy atom. The summed E-state index contributed by atoms with van der Waals surface area (Å²) in [5, 5.41) is 0. The first kappa shape index (κ1) is 18.9. The lowest BCUT2D eigenvalue weighted by molar-refractivity contribution is -0.206. The average Bonchev–Trinajstić information content (AvgIpc) is 2.27. The molecule has 0 unspecified atom stereocenters. The Labute approximate surface area is 123 Å². The number of hydrogen-bond acceptors (Lipinski definition) is 4. The Morgan fingerprint density at radius 1 is 0.900 bits per heavy atom. The van der Waals surface area contributed by atoms with Gasteiger partial charge in [-0.1, -0.05) is 20.8 Å². The van der Waals surface area contributed by atoms with Gasteiger partial charge in [0.1, 0.15) is 11.2 Å². The lowest BCUT2D eigenvalue weighted by Gasteiger charge is -2.41. The molecular weight excluding hydrogens is 256 g/mol. The van der Waals surface area contributed by atoms with Crippen LogP contribution in [-0.2, 0) is 19.1 Å². The minimum absolute atomic E-state index is 0.215. The summed E-state index contributed by atoms with van der Waals surface area (Å²) in [7, 11) is 0. The highest BCUT2D eigenvalue weighted by molar-refractivity contribution is 5.76. The maximum Gasteiger partial charge on any atom is 0.312 e. The quantitative estimate of drug-likeness (QED) is 0.698. The third kappa shape index (κ3) is 4.50. The highest BCUT2D eigenvalue weighted by Crippen LogP contribution is 2.33. The van der Waals surface area contributed by atoms with Gasteiger partial charge in [-0.2, -0.15) is 0 Å². The van der Waals surface area contributed by atoms with E-state index in [0.29, 0.717) is 6.42 Å². The molecule has 4 nitrogen and oxygen atoms in total. The van der Waals surface area contributed by atoms with Crippen molar-refractivity contribution in [2.24, 2.45) is 11.3 Å². The molecule has 0 aromatic rings. The summed E-state index contributed by atoms with van der Waals surface area (Å²) in [6, 6.07) is 0. The van der Waals surface area contributed by atoms with E-state index in [2.05, 4.69) is 0 Å². The van der Waals surface area contributed by atoms with E-state index in [-0.39, 0.29) is 17.9 Å². The third-order valence-electron chi connectivity index (χ3n) is 4.06. The molecule has 0 aliphatic carbocycles. The maximum absolute atomic E-state index is 12.2. The number of ether oxygens (including phenoxy) is 2. The van der Waals surface area contributed by atoms with Gasteiger partial charge in [-0.3, -0.25) is 9.59 Å². The van der Waals surface area contributed by atoms with E-state index in [1.807, 2.05) is 20.8 Å². The second kappa shape index (κ2) is 6.15. The van der Waals surface area contributed by atoms with Gasteiger partial charge < -0.3 is 9.47 Å². The zero-order valence-electron chi connectivity index (χ0n) is 14.4. The topological polar surface area (TPSA) is 52.6 Å². The van der Waals surface area contributed by atoms with E-state index in [1.165, 1.54) is 0 Å². The van der Waals surface area contributed by atoms with Crippen LogP contribution in [0.2, 0.25) is 0 Å². The molecule has 0 aromatic carbocycles. The first-order valence-electron chi connectivity index (χ1n) is 7.23. The molecule has 0 heterocycles. The van der Waals surface area contributed by atoms with Crippen molar-refractivity contribution in [1.82, 2.24) is 0 Å². The number of hydrogen-bond donors (Lipinski definition) is 0. The predicted molar refractivity (Wildman–Crippen MR) is 79.3 cm³/mol. The molecule has 0 aliphatic rings. The minimum Gasteiger partial charge on any atom is -0.455 e. The molecule has 0 saturated carbocycles. The first-order valence-corrected chi connectivity index (χ1v) is 7.23. The maximum atomic E-state index is 12.2. The van der Waals surface area contributed by atoms with E-state index in [9.17, 15) is 9.59 Å². The molecule has 4 heteroatoms. The van der Waals surface area contributed by atoms with Crippen LogP contribution in [0.5, 0.6) is 0 Å². The molecule has 0 saturated heterocycles. The van der Waals surface area contributed by atoms with Crippen molar-refractivity contribution in [3.8, 4) is 0 Å². The van der Waals surface area contributed by atoms with Crippen molar-refractivity contribution < 1.29 is 19.1 Å². The predicted octanol–water partition coefficient (Wildman–Crippen LogP) is 3.72. The molecule has 0 N–H and O–H groups in total. The second-order valence-electron chi connectivity index (χ2n) is 7.22. The van der Waals surface area contributed by atoms with Gasteiger partial charge in [0.25, 0.3) is 0 Å². The van der Waals surface area contributed by atoms with Crippen molar-refractivity contribution in [2.45, 2.75) is 79.9 Å². The summed E-state index contributed by atoms with van der Waals surface area (Å²) in [4.78, 5) is 24.0. The largest absolute Gasteiger partial charge is 0.455 e. The first-order chi connectivity index (χ1) is 8.77. The molecule has 0 bridgehead atoms. The Morgan fingerprint density at radius 3 is 1.65 bits per heavy atom. The fraction of sp³-hybridized carbons (Fsp3) is 0.875. The van der Waals surface area contributed by atoms with E-state index >= 15 is 0 Å². The van der Waals surface area contributed by atoms with Gasteiger partial charge in [0.05, 0.1) is 11.3 Å². The normalized spacial score (nSPS) is 13.3. The van der Waals surface area contributed by atoms with Gasteiger partial charge in [0.2, 0.25) is 0 Å². The zero-order valence-corrected chi connectivity index (χ0v) is 14.4. The monoisotopic (exact) mass is 286 g/mol. The minimum atomic E-state index is -0.902. The highest BCUT2D eigenvalue weighted by Gasteiger charge is 2.46. The van der Waals surface area contributed by atoms with Crippen LogP contribution in [0.15, 0.2) is 0 Å². The van der Waals surface area contributed by atoms with E-state index < -0.39 is 16.6 Å². The molecule has 0 rings (SSSR count). The number of carbonyl (C=O) groups excluding carboxylic acids is 2. The summed E-state index contributed by atoms with van der Waals surface area (Å²) in [5.41, 5.74) is -2.34. The molecular formula is C16H30O4. The second-order valence-corrected chi connectivity index (χ2v) is 7.22. The number of esters is 2. The van der Waals surface area contributed by atoms with Gasteiger partial charge in [0, 0.05) is 0 Å². The van der Waals surface area contributed by atoms with Gasteiger partial charge in [0.15, 0.2) is 0 Å². The molecule has 0 atom stereocenters. The summed E-state index contributed by atoms with van der Waals surface area (Å²) in [6.45, 7) is 16.2. The molecule has 20 heavy (non-hydrogen) atoms. The van der Waals surface area contributed by atoms with Crippen molar-refractivity contribution >= 4 is 11.9 Å². The van der Waals surface area contributed by atoms with Crippen LogP contribution in [0, 0.1) is 11.3 Å². The van der Waals surface area contributed by atoms with Crippen LogP contribution >= 0.6 is 0 Å². The fourth-order valence-electron chi connectivity index (χ4n) is 1.13. The molecule has 0 radical (unpaired) electrons. The van der Waals surface area contributed by atoms with Crippen molar-refractivity contribution in [2.75, 3.05) is 0 Å². The van der Waals surface area contributed by atoms with E-state index in [4.69, 9.17) is 9.47 Å². The van der Waals surface area contributed by atoms with Crippen LogP contribution in [0.1, 0.15) is 68.7 Å². The van der Waals surface area contributed by atoms with Crippen molar-refractivity contribution in [1.29, 1.82) is 0 Å². The van der Waals surface area contributed by atoms with Crippen LogP contribution in [0.25, 0.3) is 0 Å². The Bertz CT molecular complexity index is 365. The summed E-state index contributed by atoms with van der Waals surface area (Å²) in [6.07, 6.45) is 0.689. The van der Waals surface area contributed by atoms with Crippen LogP contribution in [0.4, 0.5) is 0 Å². The Kier molecular flexibility index (Phi) is 5.82. The molecule has 0 amide bonds.